The van der Waals surface area contributed by atoms with Crippen molar-refractivity contribution < 1.29 is 24.2 Å². The van der Waals surface area contributed by atoms with Crippen LogP contribution in [0, 0.1) is 5.92 Å². The summed E-state index contributed by atoms with van der Waals surface area (Å²) in [4.78, 5) is 35.7. The van der Waals surface area contributed by atoms with Crippen LogP contribution in [0.2, 0.25) is 0 Å². The second-order valence-corrected chi connectivity index (χ2v) is 8.61. The minimum atomic E-state index is -1.08. The Morgan fingerprint density at radius 1 is 1.06 bits per heavy atom. The second-order valence-electron chi connectivity index (χ2n) is 8.61. The first-order chi connectivity index (χ1) is 16.8. The molecule has 1 unspecified atom stereocenters. The highest BCUT2D eigenvalue weighted by molar-refractivity contribution is 5.85. The number of alkyl carbamates (subject to hydrolysis) is 1. The van der Waals surface area contributed by atoms with Gasteiger partial charge in [0.2, 0.25) is 5.91 Å². The molecule has 9 nitrogen and oxygen atoms in total. The monoisotopic (exact) mass is 476 g/mol. The molecule has 2 amide bonds. The molecule has 1 atom stereocenters. The van der Waals surface area contributed by atoms with E-state index in [0.29, 0.717) is 12.1 Å². The van der Waals surface area contributed by atoms with Crippen LogP contribution in [0.4, 0.5) is 4.79 Å². The molecule has 0 bridgehead atoms. The third-order valence-corrected chi connectivity index (χ3v) is 6.23. The number of hydrogen-bond acceptors (Lipinski definition) is 5. The third-order valence-electron chi connectivity index (χ3n) is 6.23. The Kier molecular flexibility index (Phi) is 7.14. The third kappa shape index (κ3) is 5.34. The number of carboxylic acids is 1. The van der Waals surface area contributed by atoms with Gasteiger partial charge in [-0.3, -0.25) is 9.48 Å². The van der Waals surface area contributed by atoms with Gasteiger partial charge in [-0.1, -0.05) is 55.5 Å². The number of aryl methyl sites for hydroxylation is 1. The van der Waals surface area contributed by atoms with Crippen LogP contribution in [0.3, 0.4) is 0 Å². The zero-order chi connectivity index (χ0) is 24.9. The van der Waals surface area contributed by atoms with E-state index < -0.39 is 12.1 Å². The predicted molar refractivity (Wildman–Crippen MR) is 129 cm³/mol. The number of carboxylic acid groups (broad SMARTS) is 1. The average molecular weight is 477 g/mol. The molecule has 9 heteroatoms. The van der Waals surface area contributed by atoms with Gasteiger partial charge in [-0.25, -0.2) is 9.59 Å². The molecule has 0 aliphatic heterocycles. The maximum Gasteiger partial charge on any atom is 0.407 e. The van der Waals surface area contributed by atoms with Crippen LogP contribution < -0.4 is 10.6 Å². The number of carbonyl (C=O) groups is 3. The molecule has 1 aliphatic rings. The number of nitrogens with zero attached hydrogens (tertiary/aromatic N) is 2. The van der Waals surface area contributed by atoms with E-state index in [0.717, 1.165) is 11.1 Å². The van der Waals surface area contributed by atoms with Crippen LogP contribution in [0.1, 0.15) is 46.6 Å². The van der Waals surface area contributed by atoms with Crippen molar-refractivity contribution in [2.75, 3.05) is 13.2 Å². The lowest BCUT2D eigenvalue weighted by Gasteiger charge is -2.15. The van der Waals surface area contributed by atoms with Gasteiger partial charge in [0, 0.05) is 25.4 Å². The van der Waals surface area contributed by atoms with E-state index in [2.05, 4.69) is 40.0 Å². The topological polar surface area (TPSA) is 123 Å². The van der Waals surface area contributed by atoms with Crippen molar-refractivity contribution in [3.63, 3.8) is 0 Å². The van der Waals surface area contributed by atoms with Gasteiger partial charge in [-0.2, -0.15) is 5.10 Å². The van der Waals surface area contributed by atoms with Gasteiger partial charge in [0.15, 0.2) is 0 Å². The lowest BCUT2D eigenvalue weighted by atomic mass is 9.98. The highest BCUT2D eigenvalue weighted by Gasteiger charge is 2.29. The van der Waals surface area contributed by atoms with Crippen molar-refractivity contribution in [2.24, 2.45) is 13.0 Å². The summed E-state index contributed by atoms with van der Waals surface area (Å²) in [6.07, 6.45) is -0.0901. The van der Waals surface area contributed by atoms with Crippen LogP contribution in [-0.2, 0) is 23.1 Å². The number of rotatable bonds is 9. The molecule has 1 aromatic heterocycles. The van der Waals surface area contributed by atoms with Gasteiger partial charge in [0.25, 0.3) is 0 Å². The minimum absolute atomic E-state index is 0.00825. The smallest absolute Gasteiger partial charge is 0.407 e. The maximum absolute atomic E-state index is 12.3. The van der Waals surface area contributed by atoms with Crippen LogP contribution in [-0.4, -0.2) is 46.0 Å². The second kappa shape index (κ2) is 10.4. The fraction of sp³-hybridized carbons (Fsp3) is 0.308. The number of hydrogen-bond donors (Lipinski definition) is 3. The number of ether oxygens (including phenoxy) is 1. The summed E-state index contributed by atoms with van der Waals surface area (Å²) in [5, 5.41) is 18.6. The SMILES string of the molecule is CC(CCNC(=O)OCC1c2ccccc2-c2ccccc21)C(=O)NCc1cc(C(=O)O)n(C)n1. The van der Waals surface area contributed by atoms with Crippen LogP contribution in [0.5, 0.6) is 0 Å². The molecule has 2 aromatic carbocycles. The highest BCUT2D eigenvalue weighted by Crippen LogP contribution is 2.44. The van der Waals surface area contributed by atoms with Gasteiger partial charge >= 0.3 is 12.1 Å². The number of amides is 2. The summed E-state index contributed by atoms with van der Waals surface area (Å²) in [5.41, 5.74) is 5.14. The molecular formula is C26H28N4O5. The Hall–Kier alpha value is -4.14. The number of nitrogens with one attached hydrogen (secondary N) is 2. The van der Waals surface area contributed by atoms with E-state index >= 15 is 0 Å². The first-order valence-electron chi connectivity index (χ1n) is 11.5. The summed E-state index contributed by atoms with van der Waals surface area (Å²) in [6.45, 7) is 2.41. The lowest BCUT2D eigenvalue weighted by molar-refractivity contribution is -0.124. The normalized spacial score (nSPS) is 13.0. The van der Waals surface area contributed by atoms with E-state index in [9.17, 15) is 14.4 Å². The van der Waals surface area contributed by atoms with Gasteiger partial charge in [-0.05, 0) is 34.7 Å². The van der Waals surface area contributed by atoms with Gasteiger partial charge in [0.05, 0.1) is 12.2 Å². The summed E-state index contributed by atoms with van der Waals surface area (Å²) in [6, 6.07) is 17.7. The fourth-order valence-corrected chi connectivity index (χ4v) is 4.34. The average Bonchev–Trinajstić information content (AvgIpc) is 3.38. The standard InChI is InChI=1S/C26H28N4O5/c1-16(24(31)28-14-17-13-23(25(32)33)30(2)29-17)11-12-27-26(34)35-15-22-20-9-5-3-7-18(20)19-8-4-6-10-21(19)22/h3-10,13,16,22H,11-12,14-15H2,1-2H3,(H,27,34)(H,28,31)(H,32,33). The van der Waals surface area contributed by atoms with Crippen LogP contribution >= 0.6 is 0 Å². The largest absolute Gasteiger partial charge is 0.477 e. The Balaban J connectivity index is 1.21. The molecule has 1 heterocycles. The molecule has 0 radical (unpaired) electrons. The maximum atomic E-state index is 12.3. The van der Waals surface area contributed by atoms with Crippen molar-refractivity contribution in [1.29, 1.82) is 0 Å². The Morgan fingerprint density at radius 2 is 1.69 bits per heavy atom. The molecule has 0 spiro atoms. The van der Waals surface area contributed by atoms with E-state index in [-0.39, 0.29) is 43.1 Å². The van der Waals surface area contributed by atoms with Crippen molar-refractivity contribution in [3.05, 3.63) is 77.1 Å². The van der Waals surface area contributed by atoms with Gasteiger partial charge < -0.3 is 20.5 Å². The van der Waals surface area contributed by atoms with E-state index in [1.54, 1.807) is 6.92 Å². The van der Waals surface area contributed by atoms with Crippen LogP contribution in [0.15, 0.2) is 54.6 Å². The Bertz CT molecular complexity index is 1210. The minimum Gasteiger partial charge on any atom is -0.477 e. The summed E-state index contributed by atoms with van der Waals surface area (Å²) < 4.78 is 6.77. The summed E-state index contributed by atoms with van der Waals surface area (Å²) in [5.74, 6) is -1.65. The van der Waals surface area contributed by atoms with Gasteiger partial charge in [-0.15, -0.1) is 0 Å². The molecule has 0 saturated heterocycles. The number of aromatic carboxylic acids is 1. The summed E-state index contributed by atoms with van der Waals surface area (Å²) >= 11 is 0. The molecule has 0 saturated carbocycles. The van der Waals surface area contributed by atoms with Crippen molar-refractivity contribution >= 4 is 18.0 Å². The molecule has 4 rings (SSSR count). The molecule has 3 N–H and O–H groups in total. The lowest BCUT2D eigenvalue weighted by Crippen LogP contribution is -2.33. The quantitative estimate of drug-likeness (QED) is 0.436. The fourth-order valence-electron chi connectivity index (χ4n) is 4.34. The Morgan fingerprint density at radius 3 is 2.29 bits per heavy atom. The predicted octanol–water partition coefficient (Wildman–Crippen LogP) is 3.30. The molecule has 182 valence electrons. The molecule has 35 heavy (non-hydrogen) atoms. The number of carbonyl (C=O) groups excluding carboxylic acids is 2. The van der Waals surface area contributed by atoms with Crippen LogP contribution in [0.25, 0.3) is 11.1 Å². The summed E-state index contributed by atoms with van der Waals surface area (Å²) in [7, 11) is 1.53. The number of fused-ring (bicyclic) bond motifs is 3. The van der Waals surface area contributed by atoms with Gasteiger partial charge in [0.1, 0.15) is 12.3 Å². The highest BCUT2D eigenvalue weighted by atomic mass is 16.5. The van der Waals surface area contributed by atoms with E-state index in [4.69, 9.17) is 9.84 Å². The Labute approximate surface area is 203 Å². The molecule has 3 aromatic rings. The molecule has 1 aliphatic carbocycles. The van der Waals surface area contributed by atoms with Crippen molar-refractivity contribution in [2.45, 2.75) is 25.8 Å². The van der Waals surface area contributed by atoms with Crippen molar-refractivity contribution in [3.8, 4) is 11.1 Å². The van der Waals surface area contributed by atoms with Crippen molar-refractivity contribution in [1.82, 2.24) is 20.4 Å². The number of aromatic nitrogens is 2. The zero-order valence-electron chi connectivity index (χ0n) is 19.7. The molecular weight excluding hydrogens is 448 g/mol. The first kappa shape index (κ1) is 24.0. The van der Waals surface area contributed by atoms with E-state index in [1.807, 2.05) is 24.3 Å². The first-order valence-corrected chi connectivity index (χ1v) is 11.5. The molecule has 0 fully saturated rings. The number of benzene rings is 2. The zero-order valence-corrected chi connectivity index (χ0v) is 19.7. The van der Waals surface area contributed by atoms with E-state index in [1.165, 1.54) is 28.9 Å².